The van der Waals surface area contributed by atoms with Gasteiger partial charge < -0.3 is 10.4 Å². The fourth-order valence-corrected chi connectivity index (χ4v) is 1.65. The number of aromatic nitrogens is 2. The van der Waals surface area contributed by atoms with Gasteiger partial charge in [-0.2, -0.15) is 5.10 Å². The number of carbonyl (C=O) groups excluding carboxylic acids is 1. The number of amides is 1. The smallest absolute Gasteiger partial charge is 0.244 e. The van der Waals surface area contributed by atoms with Gasteiger partial charge in [-0.05, 0) is 18.9 Å². The highest BCUT2D eigenvalue weighted by Crippen LogP contribution is 2.19. The fourth-order valence-electron chi connectivity index (χ4n) is 1.65. The molecule has 16 heavy (non-hydrogen) atoms. The van der Waals surface area contributed by atoms with E-state index < -0.39 is 0 Å². The molecule has 1 heterocycles. The Kier molecular flexibility index (Phi) is 3.05. The van der Waals surface area contributed by atoms with Gasteiger partial charge in [-0.25, -0.2) is 0 Å². The van der Waals surface area contributed by atoms with Gasteiger partial charge in [-0.3, -0.25) is 9.48 Å². The van der Waals surface area contributed by atoms with E-state index >= 15 is 0 Å². The van der Waals surface area contributed by atoms with Crippen LogP contribution in [0.1, 0.15) is 18.4 Å². The summed E-state index contributed by atoms with van der Waals surface area (Å²) in [5.41, 5.74) is 0.895. The summed E-state index contributed by atoms with van der Waals surface area (Å²) in [6.07, 6.45) is 7.80. The Bertz CT molecular complexity index is 405. The van der Waals surface area contributed by atoms with E-state index in [0.717, 1.165) is 5.56 Å². The number of aliphatic hydroxyl groups excluding tert-OH is 1. The molecule has 1 saturated carbocycles. The highest BCUT2D eigenvalue weighted by molar-refractivity contribution is 5.91. The maximum Gasteiger partial charge on any atom is 0.244 e. The SMILES string of the molecule is Cn1cc(C=CC(=O)NC2CC(O)C2)cn1. The minimum absolute atomic E-state index is 0.124. The van der Waals surface area contributed by atoms with E-state index in [2.05, 4.69) is 10.4 Å². The van der Waals surface area contributed by atoms with E-state index in [9.17, 15) is 4.79 Å². The van der Waals surface area contributed by atoms with Gasteiger partial charge in [0.1, 0.15) is 0 Å². The van der Waals surface area contributed by atoms with Gasteiger partial charge in [-0.15, -0.1) is 0 Å². The summed E-state index contributed by atoms with van der Waals surface area (Å²) >= 11 is 0. The average Bonchev–Trinajstić information content (AvgIpc) is 2.59. The molecule has 0 bridgehead atoms. The zero-order valence-electron chi connectivity index (χ0n) is 9.13. The van der Waals surface area contributed by atoms with Crippen LogP contribution in [0.5, 0.6) is 0 Å². The molecule has 1 aliphatic carbocycles. The van der Waals surface area contributed by atoms with Crippen LogP contribution in [0.25, 0.3) is 6.08 Å². The van der Waals surface area contributed by atoms with Crippen LogP contribution in [-0.4, -0.2) is 32.9 Å². The first-order valence-corrected chi connectivity index (χ1v) is 5.29. The lowest BCUT2D eigenvalue weighted by molar-refractivity contribution is -0.118. The third-order valence-electron chi connectivity index (χ3n) is 2.61. The van der Waals surface area contributed by atoms with Gasteiger partial charge in [-0.1, -0.05) is 0 Å². The van der Waals surface area contributed by atoms with E-state index in [1.807, 2.05) is 13.2 Å². The molecule has 0 atom stereocenters. The summed E-state index contributed by atoms with van der Waals surface area (Å²) in [5, 5.41) is 15.9. The normalized spacial score (nSPS) is 24.4. The van der Waals surface area contributed by atoms with Crippen molar-refractivity contribution in [2.75, 3.05) is 0 Å². The summed E-state index contributed by atoms with van der Waals surface area (Å²) in [6.45, 7) is 0. The fraction of sp³-hybridized carbons (Fsp3) is 0.455. The van der Waals surface area contributed by atoms with Gasteiger partial charge in [0.25, 0.3) is 0 Å². The third-order valence-corrected chi connectivity index (χ3v) is 2.61. The average molecular weight is 221 g/mol. The third kappa shape index (κ3) is 2.70. The molecule has 5 heteroatoms. The molecule has 2 rings (SSSR count). The van der Waals surface area contributed by atoms with Crippen molar-refractivity contribution < 1.29 is 9.90 Å². The lowest BCUT2D eigenvalue weighted by Crippen LogP contribution is -2.46. The molecule has 1 aromatic heterocycles. The summed E-state index contributed by atoms with van der Waals surface area (Å²) in [4.78, 5) is 11.4. The number of hydrogen-bond acceptors (Lipinski definition) is 3. The van der Waals surface area contributed by atoms with E-state index in [4.69, 9.17) is 5.11 Å². The van der Waals surface area contributed by atoms with Crippen molar-refractivity contribution in [2.45, 2.75) is 25.0 Å². The molecule has 0 saturated heterocycles. The zero-order valence-corrected chi connectivity index (χ0v) is 9.13. The molecule has 1 fully saturated rings. The van der Waals surface area contributed by atoms with Crippen LogP contribution in [-0.2, 0) is 11.8 Å². The van der Waals surface area contributed by atoms with Crippen LogP contribution >= 0.6 is 0 Å². The first-order chi connectivity index (χ1) is 7.63. The molecule has 0 spiro atoms. The molecule has 2 N–H and O–H groups in total. The van der Waals surface area contributed by atoms with Crippen molar-refractivity contribution in [3.05, 3.63) is 24.0 Å². The monoisotopic (exact) mass is 221 g/mol. The first-order valence-electron chi connectivity index (χ1n) is 5.29. The predicted molar refractivity (Wildman–Crippen MR) is 59.4 cm³/mol. The second-order valence-electron chi connectivity index (χ2n) is 4.11. The molecule has 0 radical (unpaired) electrons. The maximum atomic E-state index is 11.4. The van der Waals surface area contributed by atoms with Gasteiger partial charge in [0.05, 0.1) is 12.3 Å². The standard InChI is InChI=1S/C11H15N3O2/c1-14-7-8(6-12-14)2-3-11(16)13-9-4-10(15)5-9/h2-3,6-7,9-10,15H,4-5H2,1H3,(H,13,16). The lowest BCUT2D eigenvalue weighted by atomic mass is 9.89. The number of aryl methyl sites for hydroxylation is 1. The number of carbonyl (C=O) groups is 1. The topological polar surface area (TPSA) is 67.2 Å². The Labute approximate surface area is 93.8 Å². The van der Waals surface area contributed by atoms with Crippen molar-refractivity contribution >= 4 is 12.0 Å². The van der Waals surface area contributed by atoms with E-state index in [-0.39, 0.29) is 18.1 Å². The number of nitrogens with one attached hydrogen (secondary N) is 1. The van der Waals surface area contributed by atoms with Crippen molar-refractivity contribution in [1.82, 2.24) is 15.1 Å². The van der Waals surface area contributed by atoms with Crippen LogP contribution in [0.4, 0.5) is 0 Å². The van der Waals surface area contributed by atoms with Crippen LogP contribution in [0.15, 0.2) is 18.5 Å². The van der Waals surface area contributed by atoms with Gasteiger partial charge >= 0.3 is 0 Å². The summed E-state index contributed by atoms with van der Waals surface area (Å²) < 4.78 is 1.68. The minimum Gasteiger partial charge on any atom is -0.393 e. The lowest BCUT2D eigenvalue weighted by Gasteiger charge is -2.31. The Morgan fingerprint density at radius 3 is 3.00 bits per heavy atom. The van der Waals surface area contributed by atoms with Gasteiger partial charge in [0.15, 0.2) is 0 Å². The molecule has 1 aromatic rings. The Hall–Kier alpha value is -1.62. The largest absolute Gasteiger partial charge is 0.393 e. The number of nitrogens with zero attached hydrogens (tertiary/aromatic N) is 2. The molecule has 1 amide bonds. The molecule has 1 aliphatic rings. The van der Waals surface area contributed by atoms with Crippen LogP contribution in [0, 0.1) is 0 Å². The van der Waals surface area contributed by atoms with Crippen molar-refractivity contribution in [1.29, 1.82) is 0 Å². The molecule has 86 valence electrons. The molecule has 0 aromatic carbocycles. The van der Waals surface area contributed by atoms with Crippen molar-refractivity contribution in [3.8, 4) is 0 Å². The van der Waals surface area contributed by atoms with E-state index in [0.29, 0.717) is 12.8 Å². The Morgan fingerprint density at radius 1 is 1.69 bits per heavy atom. The number of rotatable bonds is 3. The van der Waals surface area contributed by atoms with Crippen LogP contribution < -0.4 is 5.32 Å². The second kappa shape index (κ2) is 4.49. The maximum absolute atomic E-state index is 11.4. The summed E-state index contributed by atoms with van der Waals surface area (Å²) in [6, 6.07) is 0.126. The van der Waals surface area contributed by atoms with E-state index in [1.165, 1.54) is 6.08 Å². The first kappa shape index (κ1) is 10.9. The summed E-state index contributed by atoms with van der Waals surface area (Å²) in [5.74, 6) is -0.124. The second-order valence-corrected chi connectivity index (χ2v) is 4.11. The van der Waals surface area contributed by atoms with Crippen LogP contribution in [0.2, 0.25) is 0 Å². The molecular formula is C11H15N3O2. The van der Waals surface area contributed by atoms with Crippen molar-refractivity contribution in [2.24, 2.45) is 7.05 Å². The molecular weight excluding hydrogens is 206 g/mol. The Balaban J connectivity index is 1.80. The quantitative estimate of drug-likeness (QED) is 0.710. The number of hydrogen-bond donors (Lipinski definition) is 2. The van der Waals surface area contributed by atoms with Gasteiger partial charge in [0, 0.05) is 30.9 Å². The zero-order chi connectivity index (χ0) is 11.5. The predicted octanol–water partition coefficient (Wildman–Crippen LogP) is 0.0728. The number of aliphatic hydroxyl groups is 1. The van der Waals surface area contributed by atoms with Gasteiger partial charge in [0.2, 0.25) is 5.91 Å². The minimum atomic E-state index is -0.243. The van der Waals surface area contributed by atoms with Crippen molar-refractivity contribution in [3.63, 3.8) is 0 Å². The molecule has 5 nitrogen and oxygen atoms in total. The Morgan fingerprint density at radius 2 is 2.44 bits per heavy atom. The van der Waals surface area contributed by atoms with E-state index in [1.54, 1.807) is 17.0 Å². The summed E-state index contributed by atoms with van der Waals surface area (Å²) in [7, 11) is 1.83. The molecule has 0 aliphatic heterocycles. The highest BCUT2D eigenvalue weighted by atomic mass is 16.3. The highest BCUT2D eigenvalue weighted by Gasteiger charge is 2.27. The van der Waals surface area contributed by atoms with Crippen LogP contribution in [0.3, 0.4) is 0 Å². The molecule has 0 unspecified atom stereocenters.